The predicted molar refractivity (Wildman–Crippen MR) is 60.4 cm³/mol. The smallest absolute Gasteiger partial charge is 0.0934 e. The Morgan fingerprint density at radius 3 is 2.33 bits per heavy atom. The minimum Gasteiger partial charge on any atom is -0.0934 e. The van der Waals surface area contributed by atoms with Crippen LogP contribution in [0.25, 0.3) is 21.5 Å². The second-order valence-electron chi connectivity index (χ2n) is 3.78. The third-order valence-corrected chi connectivity index (χ3v) is 2.66. The summed E-state index contributed by atoms with van der Waals surface area (Å²) < 4.78 is 1.83. The molecule has 72 valence electrons. The number of aryl methyl sites for hydroxylation is 1. The van der Waals surface area contributed by atoms with Crippen molar-refractivity contribution in [2.75, 3.05) is 0 Å². The number of aromatic nitrogens is 2. The maximum Gasteiger partial charge on any atom is 0.203 e. The number of hydrogen-bond donors (Lipinski definition) is 0. The molecule has 0 unspecified atom stereocenters. The fraction of sp³-hybridized carbons (Fsp3) is 0.0769. The van der Waals surface area contributed by atoms with E-state index in [1.54, 1.807) is 0 Å². The summed E-state index contributed by atoms with van der Waals surface area (Å²) >= 11 is 0. The van der Waals surface area contributed by atoms with Crippen molar-refractivity contribution in [3.8, 4) is 0 Å². The number of fused-ring (bicyclic) bond motifs is 2. The minimum atomic E-state index is 1.19. The molecule has 15 heavy (non-hydrogen) atoms. The number of rotatable bonds is 0. The number of nitrogens with zero attached hydrogens (tertiary/aromatic N) is 2. The molecule has 3 aromatic rings. The van der Waals surface area contributed by atoms with Crippen LogP contribution in [-0.4, -0.2) is 5.10 Å². The molecule has 0 bridgehead atoms. The molecule has 0 N–H and O–H groups in total. The van der Waals surface area contributed by atoms with E-state index in [1.165, 1.54) is 21.5 Å². The SMILES string of the molecule is C[n+]1cc2cc3ccccc3cc2cn1. The monoisotopic (exact) mass is 195 g/mol. The summed E-state index contributed by atoms with van der Waals surface area (Å²) in [6, 6.07) is 12.8. The zero-order valence-corrected chi connectivity index (χ0v) is 8.51. The Labute approximate surface area is 87.8 Å². The van der Waals surface area contributed by atoms with E-state index in [0.717, 1.165) is 0 Å². The van der Waals surface area contributed by atoms with Crippen LogP contribution in [0.5, 0.6) is 0 Å². The Kier molecular flexibility index (Phi) is 1.68. The molecule has 2 heteroatoms. The highest BCUT2D eigenvalue weighted by Crippen LogP contribution is 2.20. The fourth-order valence-corrected chi connectivity index (χ4v) is 1.89. The molecule has 0 saturated heterocycles. The zero-order chi connectivity index (χ0) is 10.3. The first-order valence-corrected chi connectivity index (χ1v) is 4.97. The second kappa shape index (κ2) is 3.02. The van der Waals surface area contributed by atoms with Gasteiger partial charge in [0.25, 0.3) is 0 Å². The van der Waals surface area contributed by atoms with Crippen LogP contribution in [0.4, 0.5) is 0 Å². The summed E-state index contributed by atoms with van der Waals surface area (Å²) in [6.07, 6.45) is 3.95. The van der Waals surface area contributed by atoms with E-state index < -0.39 is 0 Å². The average molecular weight is 195 g/mol. The van der Waals surface area contributed by atoms with Crippen molar-refractivity contribution in [1.29, 1.82) is 0 Å². The lowest BCUT2D eigenvalue weighted by Crippen LogP contribution is -2.31. The zero-order valence-electron chi connectivity index (χ0n) is 8.51. The second-order valence-corrected chi connectivity index (χ2v) is 3.78. The van der Waals surface area contributed by atoms with Gasteiger partial charge < -0.3 is 0 Å². The molecule has 1 heterocycles. The van der Waals surface area contributed by atoms with E-state index in [0.29, 0.717) is 0 Å². The molecule has 0 amide bonds. The Balaban J connectivity index is 2.47. The first-order valence-electron chi connectivity index (χ1n) is 4.97. The van der Waals surface area contributed by atoms with E-state index in [-0.39, 0.29) is 0 Å². The van der Waals surface area contributed by atoms with Gasteiger partial charge in [-0.2, -0.15) is 0 Å². The van der Waals surface area contributed by atoms with E-state index >= 15 is 0 Å². The summed E-state index contributed by atoms with van der Waals surface area (Å²) in [7, 11) is 1.94. The average Bonchev–Trinajstić information content (AvgIpc) is 2.26. The van der Waals surface area contributed by atoms with Gasteiger partial charge in [-0.1, -0.05) is 28.9 Å². The highest BCUT2D eigenvalue weighted by Gasteiger charge is 2.01. The van der Waals surface area contributed by atoms with Crippen molar-refractivity contribution >= 4 is 21.5 Å². The molecular weight excluding hydrogens is 184 g/mol. The van der Waals surface area contributed by atoms with Crippen molar-refractivity contribution in [3.63, 3.8) is 0 Å². The maximum atomic E-state index is 4.23. The first-order chi connectivity index (χ1) is 7.33. The lowest BCUT2D eigenvalue weighted by molar-refractivity contribution is -0.729. The molecule has 0 aliphatic carbocycles. The van der Waals surface area contributed by atoms with Gasteiger partial charge in [0.05, 0.1) is 5.39 Å². The Hall–Kier alpha value is -1.96. The van der Waals surface area contributed by atoms with Gasteiger partial charge in [-0.25, -0.2) is 0 Å². The minimum absolute atomic E-state index is 1.19. The normalized spacial score (nSPS) is 11.0. The van der Waals surface area contributed by atoms with Crippen molar-refractivity contribution in [3.05, 3.63) is 48.8 Å². The highest BCUT2D eigenvalue weighted by molar-refractivity contribution is 5.97. The Morgan fingerprint density at radius 1 is 0.933 bits per heavy atom. The van der Waals surface area contributed by atoms with Gasteiger partial charge in [0.2, 0.25) is 6.20 Å². The lowest BCUT2D eigenvalue weighted by Gasteiger charge is -1.99. The lowest BCUT2D eigenvalue weighted by atomic mass is 10.1. The fourth-order valence-electron chi connectivity index (χ4n) is 1.89. The maximum absolute atomic E-state index is 4.23. The van der Waals surface area contributed by atoms with Gasteiger partial charge in [0.1, 0.15) is 6.20 Å². The Bertz CT molecular complexity index is 644. The topological polar surface area (TPSA) is 16.8 Å². The molecule has 0 spiro atoms. The van der Waals surface area contributed by atoms with Gasteiger partial charge in [-0.15, -0.1) is 0 Å². The van der Waals surface area contributed by atoms with E-state index in [4.69, 9.17) is 0 Å². The van der Waals surface area contributed by atoms with Crippen LogP contribution in [0, 0.1) is 0 Å². The van der Waals surface area contributed by atoms with Gasteiger partial charge in [0, 0.05) is 5.39 Å². The summed E-state index contributed by atoms with van der Waals surface area (Å²) in [5.74, 6) is 0. The molecule has 0 saturated carbocycles. The van der Waals surface area contributed by atoms with Crippen molar-refractivity contribution in [1.82, 2.24) is 5.10 Å². The van der Waals surface area contributed by atoms with Crippen molar-refractivity contribution in [2.45, 2.75) is 0 Å². The molecular formula is C13H11N2+. The van der Waals surface area contributed by atoms with Crippen LogP contribution in [0.15, 0.2) is 48.8 Å². The van der Waals surface area contributed by atoms with Crippen LogP contribution < -0.4 is 4.68 Å². The summed E-state index contributed by atoms with van der Waals surface area (Å²) in [5.41, 5.74) is 0. The van der Waals surface area contributed by atoms with E-state index in [2.05, 4.69) is 41.5 Å². The molecule has 0 fully saturated rings. The van der Waals surface area contributed by atoms with Crippen LogP contribution in [-0.2, 0) is 7.05 Å². The van der Waals surface area contributed by atoms with Gasteiger partial charge in [-0.05, 0) is 28.0 Å². The Morgan fingerprint density at radius 2 is 1.60 bits per heavy atom. The van der Waals surface area contributed by atoms with Crippen LogP contribution in [0.1, 0.15) is 0 Å². The molecule has 2 nitrogen and oxygen atoms in total. The van der Waals surface area contributed by atoms with Crippen LogP contribution >= 0.6 is 0 Å². The van der Waals surface area contributed by atoms with Gasteiger partial charge in [0.15, 0.2) is 7.05 Å². The molecule has 3 rings (SSSR count). The highest BCUT2D eigenvalue weighted by atomic mass is 15.2. The molecule has 1 aromatic heterocycles. The van der Waals surface area contributed by atoms with Crippen molar-refractivity contribution < 1.29 is 4.68 Å². The molecule has 0 aliphatic heterocycles. The summed E-state index contributed by atoms with van der Waals surface area (Å²) in [4.78, 5) is 0. The quantitative estimate of drug-likeness (QED) is 0.397. The van der Waals surface area contributed by atoms with Gasteiger partial charge in [-0.3, -0.25) is 0 Å². The number of benzene rings is 2. The third-order valence-electron chi connectivity index (χ3n) is 2.66. The van der Waals surface area contributed by atoms with Crippen molar-refractivity contribution in [2.24, 2.45) is 7.05 Å². The van der Waals surface area contributed by atoms with Crippen LogP contribution in [0.2, 0.25) is 0 Å². The summed E-state index contributed by atoms with van der Waals surface area (Å²) in [5, 5.41) is 9.18. The standard InChI is InChI=1S/C13H11N2/c1-15-9-13-7-11-5-3-2-4-10(11)6-12(13)8-14-15/h2-9H,1H3/q+1. The largest absolute Gasteiger partial charge is 0.203 e. The molecule has 0 atom stereocenters. The number of hydrogen-bond acceptors (Lipinski definition) is 1. The van der Waals surface area contributed by atoms with Crippen LogP contribution in [0.3, 0.4) is 0 Å². The molecule has 0 aliphatic rings. The third kappa shape index (κ3) is 1.34. The first kappa shape index (κ1) is 8.36. The van der Waals surface area contributed by atoms with E-state index in [1.807, 2.05) is 24.1 Å². The molecule has 0 radical (unpaired) electrons. The summed E-state index contributed by atoms with van der Waals surface area (Å²) in [6.45, 7) is 0. The van der Waals surface area contributed by atoms with E-state index in [9.17, 15) is 0 Å². The molecule has 2 aromatic carbocycles. The van der Waals surface area contributed by atoms with Gasteiger partial charge >= 0.3 is 0 Å². The predicted octanol–water partition coefficient (Wildman–Crippen LogP) is 2.21.